The molecule has 7 heteroatoms. The number of pyridine rings is 1. The summed E-state index contributed by atoms with van der Waals surface area (Å²) in [5, 5.41) is 3.13. The molecule has 0 radical (unpaired) electrons. The van der Waals surface area contributed by atoms with Crippen molar-refractivity contribution >= 4 is 17.3 Å². The summed E-state index contributed by atoms with van der Waals surface area (Å²) in [7, 11) is 0. The lowest BCUT2D eigenvalue weighted by molar-refractivity contribution is -0.141. The van der Waals surface area contributed by atoms with Crippen molar-refractivity contribution in [3.8, 4) is 0 Å². The molecule has 96 valence electrons. The van der Waals surface area contributed by atoms with E-state index in [-0.39, 0.29) is 5.22 Å². The molecule has 0 bridgehead atoms. The van der Waals surface area contributed by atoms with Crippen molar-refractivity contribution in [2.24, 2.45) is 0 Å². The monoisotopic (exact) mass is 276 g/mol. The van der Waals surface area contributed by atoms with Gasteiger partial charge in [-0.05, 0) is 35.9 Å². The number of nitrogens with zero attached hydrogens (tertiary/aromatic N) is 1. The third kappa shape index (κ3) is 3.16. The molecule has 2 rings (SSSR count). The molecule has 0 aliphatic carbocycles. The Labute approximate surface area is 106 Å². The third-order valence-electron chi connectivity index (χ3n) is 2.15. The molecule has 0 aliphatic heterocycles. The summed E-state index contributed by atoms with van der Waals surface area (Å²) in [5.74, 6) is 0.583. The van der Waals surface area contributed by atoms with Gasteiger partial charge in [0.2, 0.25) is 0 Å². The molecule has 0 spiro atoms. The standard InChI is InChI=1S/C11H8ClF3N2O/c12-10-4-2-8(18-10)6-16-7-1-3-9(17-5-7)11(13,14)15/h1-5,16H,6H2. The van der Waals surface area contributed by atoms with Gasteiger partial charge in [0.05, 0.1) is 18.4 Å². The van der Waals surface area contributed by atoms with E-state index in [1.807, 2.05) is 0 Å². The number of aromatic nitrogens is 1. The van der Waals surface area contributed by atoms with Crippen LogP contribution in [0.15, 0.2) is 34.9 Å². The van der Waals surface area contributed by atoms with Crippen LogP contribution in [-0.4, -0.2) is 4.98 Å². The zero-order valence-corrected chi connectivity index (χ0v) is 9.72. The molecule has 0 saturated heterocycles. The molecule has 0 saturated carbocycles. The van der Waals surface area contributed by atoms with Crippen LogP contribution in [0.1, 0.15) is 11.5 Å². The summed E-state index contributed by atoms with van der Waals surface area (Å²) in [4.78, 5) is 3.32. The minimum atomic E-state index is -4.42. The average Bonchev–Trinajstić information content (AvgIpc) is 2.72. The smallest absolute Gasteiger partial charge is 0.433 e. The molecule has 0 fully saturated rings. The Morgan fingerprint density at radius 3 is 2.50 bits per heavy atom. The van der Waals surface area contributed by atoms with Gasteiger partial charge < -0.3 is 9.73 Å². The van der Waals surface area contributed by atoms with Crippen LogP contribution in [0.4, 0.5) is 18.9 Å². The summed E-state index contributed by atoms with van der Waals surface area (Å²) in [5.41, 5.74) is -0.454. The van der Waals surface area contributed by atoms with E-state index in [9.17, 15) is 13.2 Å². The maximum Gasteiger partial charge on any atom is 0.433 e. The van der Waals surface area contributed by atoms with E-state index < -0.39 is 11.9 Å². The van der Waals surface area contributed by atoms with Crippen LogP contribution in [0.2, 0.25) is 5.22 Å². The topological polar surface area (TPSA) is 38.1 Å². The van der Waals surface area contributed by atoms with Crippen molar-refractivity contribution < 1.29 is 17.6 Å². The zero-order valence-electron chi connectivity index (χ0n) is 8.96. The predicted octanol–water partition coefficient (Wildman–Crippen LogP) is 3.96. The first-order valence-corrected chi connectivity index (χ1v) is 5.34. The number of furan rings is 1. The Morgan fingerprint density at radius 1 is 1.22 bits per heavy atom. The molecule has 0 aromatic carbocycles. The Balaban J connectivity index is 1.98. The third-order valence-corrected chi connectivity index (χ3v) is 2.35. The lowest BCUT2D eigenvalue weighted by Gasteiger charge is -2.07. The molecular weight excluding hydrogens is 269 g/mol. The molecule has 2 aromatic rings. The molecular formula is C11H8ClF3N2O. The number of nitrogens with one attached hydrogen (secondary N) is 1. The molecule has 2 heterocycles. The van der Waals surface area contributed by atoms with E-state index in [0.717, 1.165) is 12.3 Å². The van der Waals surface area contributed by atoms with Gasteiger partial charge in [0.15, 0.2) is 5.22 Å². The highest BCUT2D eigenvalue weighted by Crippen LogP contribution is 2.27. The molecule has 1 N–H and O–H groups in total. The minimum absolute atomic E-state index is 0.261. The predicted molar refractivity (Wildman–Crippen MR) is 60.3 cm³/mol. The fourth-order valence-corrected chi connectivity index (χ4v) is 1.46. The SMILES string of the molecule is FC(F)(F)c1ccc(NCc2ccc(Cl)o2)cn1. The summed E-state index contributed by atoms with van der Waals surface area (Å²) < 4.78 is 41.9. The zero-order chi connectivity index (χ0) is 13.2. The molecule has 0 atom stereocenters. The van der Waals surface area contributed by atoms with Crippen molar-refractivity contribution in [1.82, 2.24) is 4.98 Å². The molecule has 3 nitrogen and oxygen atoms in total. The highest BCUT2D eigenvalue weighted by atomic mass is 35.5. The number of rotatable bonds is 3. The fraction of sp³-hybridized carbons (Fsp3) is 0.182. The number of hydrogen-bond donors (Lipinski definition) is 1. The van der Waals surface area contributed by atoms with Crippen LogP contribution in [0.3, 0.4) is 0 Å². The second-order valence-corrected chi connectivity index (χ2v) is 3.86. The number of hydrogen-bond acceptors (Lipinski definition) is 3. The van der Waals surface area contributed by atoms with E-state index in [4.69, 9.17) is 16.0 Å². The fourth-order valence-electron chi connectivity index (χ4n) is 1.30. The lowest BCUT2D eigenvalue weighted by atomic mass is 10.3. The minimum Gasteiger partial charge on any atom is -0.448 e. The van der Waals surface area contributed by atoms with Crippen molar-refractivity contribution in [2.75, 3.05) is 5.32 Å². The van der Waals surface area contributed by atoms with Crippen LogP contribution in [0.5, 0.6) is 0 Å². The summed E-state index contributed by atoms with van der Waals surface area (Å²) >= 11 is 5.58. The average molecular weight is 277 g/mol. The van der Waals surface area contributed by atoms with Crippen molar-refractivity contribution in [1.29, 1.82) is 0 Å². The van der Waals surface area contributed by atoms with Gasteiger partial charge in [-0.2, -0.15) is 13.2 Å². The van der Waals surface area contributed by atoms with Crippen LogP contribution < -0.4 is 5.32 Å². The van der Waals surface area contributed by atoms with E-state index >= 15 is 0 Å². The first kappa shape index (κ1) is 12.8. The summed E-state index contributed by atoms with van der Waals surface area (Å²) in [6, 6.07) is 5.48. The van der Waals surface area contributed by atoms with Gasteiger partial charge >= 0.3 is 6.18 Å². The number of anilines is 1. The van der Waals surface area contributed by atoms with Gasteiger partial charge in [-0.1, -0.05) is 0 Å². The maximum absolute atomic E-state index is 12.3. The molecule has 0 aliphatic rings. The first-order valence-electron chi connectivity index (χ1n) is 4.96. The summed E-state index contributed by atoms with van der Waals surface area (Å²) in [6.07, 6.45) is -3.31. The largest absolute Gasteiger partial charge is 0.448 e. The van der Waals surface area contributed by atoms with Gasteiger partial charge in [0.25, 0.3) is 0 Å². The number of alkyl halides is 3. The first-order chi connectivity index (χ1) is 8.45. The van der Waals surface area contributed by atoms with Crippen molar-refractivity contribution in [3.05, 3.63) is 47.1 Å². The quantitative estimate of drug-likeness (QED) is 0.922. The van der Waals surface area contributed by atoms with E-state index in [2.05, 4.69) is 10.3 Å². The van der Waals surface area contributed by atoms with E-state index in [1.54, 1.807) is 12.1 Å². The van der Waals surface area contributed by atoms with Gasteiger partial charge in [0.1, 0.15) is 11.5 Å². The van der Waals surface area contributed by atoms with Crippen LogP contribution in [-0.2, 0) is 12.7 Å². The van der Waals surface area contributed by atoms with Gasteiger partial charge in [-0.15, -0.1) is 0 Å². The van der Waals surface area contributed by atoms with Crippen molar-refractivity contribution in [2.45, 2.75) is 12.7 Å². The molecule has 0 amide bonds. The van der Waals surface area contributed by atoms with Crippen molar-refractivity contribution in [3.63, 3.8) is 0 Å². The second-order valence-electron chi connectivity index (χ2n) is 3.49. The maximum atomic E-state index is 12.3. The Hall–Kier alpha value is -1.69. The van der Waals surface area contributed by atoms with Gasteiger partial charge in [-0.25, -0.2) is 4.98 Å². The second kappa shape index (κ2) is 4.89. The molecule has 0 unspecified atom stereocenters. The Morgan fingerprint density at radius 2 is 2.00 bits per heavy atom. The molecule has 2 aromatic heterocycles. The van der Waals surface area contributed by atoms with E-state index in [0.29, 0.717) is 18.0 Å². The highest BCUT2D eigenvalue weighted by molar-refractivity contribution is 6.28. The molecule has 18 heavy (non-hydrogen) atoms. The van der Waals surface area contributed by atoms with Gasteiger partial charge in [-0.3, -0.25) is 0 Å². The van der Waals surface area contributed by atoms with E-state index in [1.165, 1.54) is 6.07 Å². The van der Waals surface area contributed by atoms with Crippen LogP contribution >= 0.6 is 11.6 Å². The normalized spacial score (nSPS) is 11.6. The Kier molecular flexibility index (Phi) is 3.47. The van der Waals surface area contributed by atoms with Crippen LogP contribution in [0, 0.1) is 0 Å². The number of halogens is 4. The summed E-state index contributed by atoms with van der Waals surface area (Å²) in [6.45, 7) is 0.319. The van der Waals surface area contributed by atoms with Crippen LogP contribution in [0.25, 0.3) is 0 Å². The van der Waals surface area contributed by atoms with Gasteiger partial charge in [0, 0.05) is 0 Å². The Bertz CT molecular complexity index is 522. The highest BCUT2D eigenvalue weighted by Gasteiger charge is 2.31. The lowest BCUT2D eigenvalue weighted by Crippen LogP contribution is -2.08.